The first kappa shape index (κ1) is 17.9. The largest absolute Gasteiger partial charge is 0.461 e. The molecule has 2 aromatic heterocycles. The van der Waals surface area contributed by atoms with Crippen LogP contribution < -0.4 is 5.32 Å². The molecule has 0 aliphatic heterocycles. The lowest BCUT2D eigenvalue weighted by Gasteiger charge is -2.08. The van der Waals surface area contributed by atoms with E-state index in [0.717, 1.165) is 0 Å². The number of carbonyl (C=O) groups is 2. The molecule has 9 heteroatoms. The van der Waals surface area contributed by atoms with E-state index in [2.05, 4.69) is 15.5 Å². The molecule has 9 nitrogen and oxygen atoms in total. The zero-order valence-corrected chi connectivity index (χ0v) is 14.7. The van der Waals surface area contributed by atoms with Gasteiger partial charge in [-0.05, 0) is 19.1 Å². The Bertz CT molecular complexity index is 1030. The Labute approximate surface area is 154 Å². The standard InChI is InChI=1S/C18H16N6O3/c1-3-27-18(26)15-9-14(22-23(15)2)17(25)21-16-12(10-19)11-20-24(16)13-7-5-4-6-8-13/h4-9,11H,3H2,1-2H3,(H,21,25). The molecule has 3 aromatic rings. The number of nitrogens with zero attached hydrogens (tertiary/aromatic N) is 5. The minimum atomic E-state index is -0.574. The summed E-state index contributed by atoms with van der Waals surface area (Å²) in [5.41, 5.74) is 1.06. The number of hydrogen-bond acceptors (Lipinski definition) is 6. The van der Waals surface area contributed by atoms with Crippen LogP contribution in [0.25, 0.3) is 5.69 Å². The average Bonchev–Trinajstić information content (AvgIpc) is 3.26. The summed E-state index contributed by atoms with van der Waals surface area (Å²) in [6.45, 7) is 1.91. The van der Waals surface area contributed by atoms with Gasteiger partial charge in [-0.2, -0.15) is 15.5 Å². The molecule has 0 saturated carbocycles. The Kier molecular flexibility index (Phi) is 4.99. The summed E-state index contributed by atoms with van der Waals surface area (Å²) in [5, 5.41) is 20.2. The van der Waals surface area contributed by atoms with Crippen LogP contribution in [0.15, 0.2) is 42.6 Å². The van der Waals surface area contributed by atoms with Crippen molar-refractivity contribution in [3.05, 3.63) is 59.5 Å². The Morgan fingerprint density at radius 2 is 2.04 bits per heavy atom. The molecule has 0 unspecified atom stereocenters. The highest BCUT2D eigenvalue weighted by Gasteiger charge is 2.21. The normalized spacial score (nSPS) is 10.3. The third-order valence-corrected chi connectivity index (χ3v) is 3.72. The Morgan fingerprint density at radius 1 is 1.30 bits per heavy atom. The van der Waals surface area contributed by atoms with Gasteiger partial charge in [-0.25, -0.2) is 9.48 Å². The van der Waals surface area contributed by atoms with E-state index in [-0.39, 0.29) is 29.4 Å². The van der Waals surface area contributed by atoms with E-state index >= 15 is 0 Å². The molecule has 3 rings (SSSR count). The smallest absolute Gasteiger partial charge is 0.356 e. The lowest BCUT2D eigenvalue weighted by atomic mass is 10.3. The van der Waals surface area contributed by atoms with Gasteiger partial charge in [0.25, 0.3) is 5.91 Å². The van der Waals surface area contributed by atoms with Gasteiger partial charge in [-0.15, -0.1) is 0 Å². The van der Waals surface area contributed by atoms with Crippen LogP contribution in [-0.2, 0) is 11.8 Å². The summed E-state index contributed by atoms with van der Waals surface area (Å²) >= 11 is 0. The number of nitriles is 1. The molecule has 1 amide bonds. The van der Waals surface area contributed by atoms with Gasteiger partial charge in [-0.3, -0.25) is 9.48 Å². The molecule has 2 heterocycles. The third-order valence-electron chi connectivity index (χ3n) is 3.72. The highest BCUT2D eigenvalue weighted by atomic mass is 16.5. The van der Waals surface area contributed by atoms with Crippen LogP contribution in [0.4, 0.5) is 5.82 Å². The van der Waals surface area contributed by atoms with Gasteiger partial charge < -0.3 is 10.1 Å². The van der Waals surface area contributed by atoms with Crippen molar-refractivity contribution >= 4 is 17.7 Å². The summed E-state index contributed by atoms with van der Waals surface area (Å²) in [7, 11) is 1.54. The molecule has 0 aliphatic rings. The fourth-order valence-electron chi connectivity index (χ4n) is 2.46. The van der Waals surface area contributed by atoms with Gasteiger partial charge in [0.15, 0.2) is 11.5 Å². The second-order valence-electron chi connectivity index (χ2n) is 5.48. The fourth-order valence-corrected chi connectivity index (χ4v) is 2.46. The van der Waals surface area contributed by atoms with Crippen LogP contribution in [0.3, 0.4) is 0 Å². The number of ether oxygens (including phenoxy) is 1. The van der Waals surface area contributed by atoms with E-state index in [1.54, 1.807) is 19.1 Å². The van der Waals surface area contributed by atoms with Crippen molar-refractivity contribution in [3.63, 3.8) is 0 Å². The maximum atomic E-state index is 12.6. The zero-order chi connectivity index (χ0) is 19.4. The zero-order valence-electron chi connectivity index (χ0n) is 14.7. The number of aromatic nitrogens is 4. The second-order valence-corrected chi connectivity index (χ2v) is 5.48. The summed E-state index contributed by atoms with van der Waals surface area (Å²) < 4.78 is 7.65. The minimum absolute atomic E-state index is 0.0188. The maximum Gasteiger partial charge on any atom is 0.356 e. The van der Waals surface area contributed by atoms with Crippen LogP contribution in [0.1, 0.15) is 33.5 Å². The number of aryl methyl sites for hydroxylation is 1. The number of rotatable bonds is 5. The lowest BCUT2D eigenvalue weighted by Crippen LogP contribution is -2.16. The van der Waals surface area contributed by atoms with Crippen molar-refractivity contribution in [1.82, 2.24) is 19.6 Å². The van der Waals surface area contributed by atoms with E-state index in [4.69, 9.17) is 4.74 Å². The molecule has 136 valence electrons. The quantitative estimate of drug-likeness (QED) is 0.692. The van der Waals surface area contributed by atoms with Gasteiger partial charge in [0.05, 0.1) is 18.5 Å². The van der Waals surface area contributed by atoms with Gasteiger partial charge in [0, 0.05) is 13.1 Å². The second kappa shape index (κ2) is 7.53. The molecule has 0 radical (unpaired) electrons. The molecule has 27 heavy (non-hydrogen) atoms. The summed E-state index contributed by atoms with van der Waals surface area (Å²) in [4.78, 5) is 24.5. The fraction of sp³-hybridized carbons (Fsp3) is 0.167. The first-order valence-electron chi connectivity index (χ1n) is 8.11. The molecule has 1 N–H and O–H groups in total. The van der Waals surface area contributed by atoms with Crippen molar-refractivity contribution < 1.29 is 14.3 Å². The van der Waals surface area contributed by atoms with E-state index in [0.29, 0.717) is 5.69 Å². The lowest BCUT2D eigenvalue weighted by molar-refractivity contribution is 0.0513. The molecular formula is C18H16N6O3. The molecule has 0 aliphatic carbocycles. The molecule has 0 bridgehead atoms. The van der Waals surface area contributed by atoms with Crippen LogP contribution in [0.5, 0.6) is 0 Å². The topological polar surface area (TPSA) is 115 Å². The predicted molar refractivity (Wildman–Crippen MR) is 95.4 cm³/mol. The summed E-state index contributed by atoms with van der Waals surface area (Å²) in [6, 6.07) is 12.4. The van der Waals surface area contributed by atoms with Crippen molar-refractivity contribution in [2.24, 2.45) is 7.05 Å². The van der Waals surface area contributed by atoms with E-state index in [1.807, 2.05) is 24.3 Å². The Balaban J connectivity index is 1.91. The Morgan fingerprint density at radius 3 is 2.70 bits per heavy atom. The van der Waals surface area contributed by atoms with Crippen LogP contribution in [0, 0.1) is 11.3 Å². The Hall–Kier alpha value is -3.93. The number of benzene rings is 1. The molecule has 0 saturated heterocycles. The predicted octanol–water partition coefficient (Wildman–Crippen LogP) is 1.91. The molecular weight excluding hydrogens is 348 g/mol. The van der Waals surface area contributed by atoms with Crippen LogP contribution in [-0.4, -0.2) is 38.0 Å². The monoisotopic (exact) mass is 364 g/mol. The number of para-hydroxylation sites is 1. The summed E-state index contributed by atoms with van der Waals surface area (Å²) in [6.07, 6.45) is 1.37. The average molecular weight is 364 g/mol. The van der Waals surface area contributed by atoms with E-state index in [1.165, 1.54) is 28.7 Å². The first-order chi connectivity index (χ1) is 13.0. The number of amides is 1. The summed E-state index contributed by atoms with van der Waals surface area (Å²) in [5.74, 6) is -0.925. The maximum absolute atomic E-state index is 12.6. The minimum Gasteiger partial charge on any atom is -0.461 e. The highest BCUT2D eigenvalue weighted by Crippen LogP contribution is 2.20. The number of esters is 1. The third kappa shape index (κ3) is 3.55. The van der Waals surface area contributed by atoms with Crippen molar-refractivity contribution in [2.75, 3.05) is 11.9 Å². The molecule has 0 spiro atoms. The van der Waals surface area contributed by atoms with Crippen molar-refractivity contribution in [3.8, 4) is 11.8 Å². The van der Waals surface area contributed by atoms with E-state index < -0.39 is 11.9 Å². The van der Waals surface area contributed by atoms with E-state index in [9.17, 15) is 14.9 Å². The van der Waals surface area contributed by atoms with Gasteiger partial charge in [-0.1, -0.05) is 18.2 Å². The SMILES string of the molecule is CCOC(=O)c1cc(C(=O)Nc2c(C#N)cnn2-c2ccccc2)nn1C. The number of anilines is 1. The highest BCUT2D eigenvalue weighted by molar-refractivity contribution is 6.04. The van der Waals surface area contributed by atoms with Crippen molar-refractivity contribution in [1.29, 1.82) is 5.26 Å². The molecule has 1 aromatic carbocycles. The van der Waals surface area contributed by atoms with Gasteiger partial charge >= 0.3 is 5.97 Å². The molecule has 0 atom stereocenters. The number of carbonyl (C=O) groups excluding carboxylic acids is 2. The van der Waals surface area contributed by atoms with Crippen LogP contribution in [0.2, 0.25) is 0 Å². The van der Waals surface area contributed by atoms with Gasteiger partial charge in [0.2, 0.25) is 0 Å². The van der Waals surface area contributed by atoms with Crippen molar-refractivity contribution in [2.45, 2.75) is 6.92 Å². The van der Waals surface area contributed by atoms with Gasteiger partial charge in [0.1, 0.15) is 17.3 Å². The molecule has 0 fully saturated rings. The first-order valence-corrected chi connectivity index (χ1v) is 8.11. The van der Waals surface area contributed by atoms with Crippen LogP contribution >= 0.6 is 0 Å². The number of hydrogen-bond donors (Lipinski definition) is 1. The number of nitrogens with one attached hydrogen (secondary N) is 1.